The molecule has 0 fully saturated rings. The van der Waals surface area contributed by atoms with Gasteiger partial charge in [0, 0.05) is 23.0 Å². The van der Waals surface area contributed by atoms with Crippen molar-refractivity contribution in [2.75, 3.05) is 6.54 Å². The Bertz CT molecular complexity index is 609. The molecule has 0 amide bonds. The maximum absolute atomic E-state index is 12.6. The zero-order valence-electron chi connectivity index (χ0n) is 14.3. The van der Waals surface area contributed by atoms with Gasteiger partial charge in [0.25, 0.3) is 0 Å². The Morgan fingerprint density at radius 3 is 2.38 bits per heavy atom. The molecule has 2 aromatic carbocycles. The number of carbonyl (C=O) groups is 1. The summed E-state index contributed by atoms with van der Waals surface area (Å²) >= 11 is 5.90. The van der Waals surface area contributed by atoms with Gasteiger partial charge in [-0.1, -0.05) is 68.1 Å². The highest BCUT2D eigenvalue weighted by Crippen LogP contribution is 2.20. The number of hydrogen-bond donors (Lipinski definition) is 1. The third kappa shape index (κ3) is 6.10. The van der Waals surface area contributed by atoms with Gasteiger partial charge in [-0.2, -0.15) is 0 Å². The van der Waals surface area contributed by atoms with Crippen molar-refractivity contribution in [3.63, 3.8) is 0 Å². The summed E-state index contributed by atoms with van der Waals surface area (Å²) in [7, 11) is 0. The Hall–Kier alpha value is -1.64. The number of ketones is 1. The summed E-state index contributed by atoms with van der Waals surface area (Å²) in [6.07, 6.45) is 5.33. The van der Waals surface area contributed by atoms with Crippen LogP contribution < -0.4 is 5.32 Å². The summed E-state index contributed by atoms with van der Waals surface area (Å²) in [4.78, 5) is 12.6. The number of rotatable bonds is 10. The van der Waals surface area contributed by atoms with E-state index in [0.29, 0.717) is 17.0 Å². The standard InChI is InChI=1S/C21H26ClNO/c1-2-3-4-8-15-23-20(17-9-6-5-7-10-17)16-21(24)18-11-13-19(22)14-12-18/h5-7,9-14,20,23H,2-4,8,15-16H2,1H3. The van der Waals surface area contributed by atoms with Gasteiger partial charge in [0.2, 0.25) is 0 Å². The lowest BCUT2D eigenvalue weighted by molar-refractivity contribution is 0.0968. The lowest BCUT2D eigenvalue weighted by Crippen LogP contribution is -2.25. The van der Waals surface area contributed by atoms with E-state index in [4.69, 9.17) is 11.6 Å². The molecule has 0 aromatic heterocycles. The first-order valence-corrected chi connectivity index (χ1v) is 9.15. The minimum Gasteiger partial charge on any atom is -0.310 e. The van der Waals surface area contributed by atoms with Gasteiger partial charge in [0.1, 0.15) is 0 Å². The zero-order chi connectivity index (χ0) is 17.2. The van der Waals surface area contributed by atoms with Crippen molar-refractivity contribution < 1.29 is 4.79 Å². The first-order valence-electron chi connectivity index (χ1n) is 8.77. The number of unbranched alkanes of at least 4 members (excludes halogenated alkanes) is 3. The fourth-order valence-corrected chi connectivity index (χ4v) is 2.89. The molecule has 0 bridgehead atoms. The van der Waals surface area contributed by atoms with Gasteiger partial charge in [-0.15, -0.1) is 0 Å². The summed E-state index contributed by atoms with van der Waals surface area (Å²) in [5, 5.41) is 4.21. The highest BCUT2D eigenvalue weighted by atomic mass is 35.5. The smallest absolute Gasteiger partial charge is 0.164 e. The van der Waals surface area contributed by atoms with Gasteiger partial charge in [-0.3, -0.25) is 4.79 Å². The molecule has 0 aliphatic heterocycles. The molecular weight excluding hydrogens is 318 g/mol. The van der Waals surface area contributed by atoms with Crippen LogP contribution in [0.2, 0.25) is 5.02 Å². The summed E-state index contributed by atoms with van der Waals surface area (Å²) < 4.78 is 0. The van der Waals surface area contributed by atoms with Crippen LogP contribution in [0.1, 0.15) is 61.0 Å². The number of carbonyl (C=O) groups excluding carboxylic acids is 1. The highest BCUT2D eigenvalue weighted by molar-refractivity contribution is 6.30. The average Bonchev–Trinajstić information content (AvgIpc) is 2.61. The van der Waals surface area contributed by atoms with E-state index in [2.05, 4.69) is 24.4 Å². The zero-order valence-corrected chi connectivity index (χ0v) is 15.1. The van der Waals surface area contributed by atoms with Crippen molar-refractivity contribution in [3.05, 3.63) is 70.7 Å². The van der Waals surface area contributed by atoms with Crippen LogP contribution >= 0.6 is 11.6 Å². The molecule has 1 atom stereocenters. The molecule has 3 heteroatoms. The van der Waals surface area contributed by atoms with Crippen molar-refractivity contribution in [1.29, 1.82) is 0 Å². The lowest BCUT2D eigenvalue weighted by Gasteiger charge is -2.19. The van der Waals surface area contributed by atoms with Gasteiger partial charge in [-0.05, 0) is 42.8 Å². The number of nitrogens with one attached hydrogen (secondary N) is 1. The fourth-order valence-electron chi connectivity index (χ4n) is 2.76. The van der Waals surface area contributed by atoms with E-state index in [0.717, 1.165) is 18.5 Å². The molecule has 0 heterocycles. The number of hydrogen-bond acceptors (Lipinski definition) is 2. The monoisotopic (exact) mass is 343 g/mol. The minimum atomic E-state index is 0.0519. The van der Waals surface area contributed by atoms with E-state index in [1.54, 1.807) is 24.3 Å². The third-order valence-corrected chi connectivity index (χ3v) is 4.43. The summed E-state index contributed by atoms with van der Waals surface area (Å²) in [5.74, 6) is 0.140. The van der Waals surface area contributed by atoms with Gasteiger partial charge in [0.05, 0.1) is 0 Å². The number of Topliss-reactive ketones (excluding diaryl/α,β-unsaturated/α-hetero) is 1. The predicted octanol–water partition coefficient (Wildman–Crippen LogP) is 5.82. The molecule has 0 radical (unpaired) electrons. The van der Waals surface area contributed by atoms with Crippen LogP contribution in [-0.4, -0.2) is 12.3 Å². The van der Waals surface area contributed by atoms with Crippen LogP contribution in [0.4, 0.5) is 0 Å². The predicted molar refractivity (Wildman–Crippen MR) is 102 cm³/mol. The Morgan fingerprint density at radius 1 is 1.00 bits per heavy atom. The van der Waals surface area contributed by atoms with E-state index in [9.17, 15) is 4.79 Å². The van der Waals surface area contributed by atoms with Crippen molar-refractivity contribution in [1.82, 2.24) is 5.32 Å². The van der Waals surface area contributed by atoms with Gasteiger partial charge in [0.15, 0.2) is 5.78 Å². The Kier molecular flexibility index (Phi) is 8.00. The average molecular weight is 344 g/mol. The van der Waals surface area contributed by atoms with Crippen LogP contribution in [0.3, 0.4) is 0 Å². The molecule has 0 aliphatic carbocycles. The first kappa shape index (κ1) is 18.7. The molecular formula is C21H26ClNO. The maximum atomic E-state index is 12.6. The van der Waals surface area contributed by atoms with E-state index >= 15 is 0 Å². The number of halogens is 1. The molecule has 2 nitrogen and oxygen atoms in total. The Morgan fingerprint density at radius 2 is 1.71 bits per heavy atom. The topological polar surface area (TPSA) is 29.1 Å². The largest absolute Gasteiger partial charge is 0.310 e. The molecule has 0 spiro atoms. The second-order valence-corrected chi connectivity index (χ2v) is 6.55. The summed E-state index contributed by atoms with van der Waals surface area (Å²) in [6, 6.07) is 17.4. The van der Waals surface area contributed by atoms with Crippen molar-refractivity contribution >= 4 is 17.4 Å². The van der Waals surface area contributed by atoms with Crippen molar-refractivity contribution in [2.24, 2.45) is 0 Å². The quantitative estimate of drug-likeness (QED) is 0.434. The Balaban J connectivity index is 1.99. The van der Waals surface area contributed by atoms with E-state index in [-0.39, 0.29) is 11.8 Å². The van der Waals surface area contributed by atoms with Crippen LogP contribution in [-0.2, 0) is 0 Å². The van der Waals surface area contributed by atoms with Crippen LogP contribution in [0, 0.1) is 0 Å². The molecule has 2 aromatic rings. The first-order chi connectivity index (χ1) is 11.7. The molecule has 2 rings (SSSR count). The fraction of sp³-hybridized carbons (Fsp3) is 0.381. The van der Waals surface area contributed by atoms with Crippen LogP contribution in [0.5, 0.6) is 0 Å². The van der Waals surface area contributed by atoms with Crippen LogP contribution in [0.15, 0.2) is 54.6 Å². The van der Waals surface area contributed by atoms with Crippen molar-refractivity contribution in [3.8, 4) is 0 Å². The number of benzene rings is 2. The Labute approximate surface area is 150 Å². The summed E-state index contributed by atoms with van der Waals surface area (Å²) in [6.45, 7) is 3.15. The van der Waals surface area contributed by atoms with Gasteiger partial charge >= 0.3 is 0 Å². The molecule has 24 heavy (non-hydrogen) atoms. The van der Waals surface area contributed by atoms with Crippen molar-refractivity contribution in [2.45, 2.75) is 45.1 Å². The molecule has 0 aliphatic rings. The molecule has 0 saturated carbocycles. The van der Waals surface area contributed by atoms with E-state index in [1.165, 1.54) is 19.3 Å². The molecule has 1 N–H and O–H groups in total. The normalized spacial score (nSPS) is 12.1. The second-order valence-electron chi connectivity index (χ2n) is 6.11. The molecule has 1 unspecified atom stereocenters. The summed E-state index contributed by atoms with van der Waals surface area (Å²) in [5.41, 5.74) is 1.88. The van der Waals surface area contributed by atoms with Crippen LogP contribution in [0.25, 0.3) is 0 Å². The van der Waals surface area contributed by atoms with Gasteiger partial charge in [-0.25, -0.2) is 0 Å². The SMILES string of the molecule is CCCCCCNC(CC(=O)c1ccc(Cl)cc1)c1ccccc1. The molecule has 128 valence electrons. The maximum Gasteiger partial charge on any atom is 0.164 e. The van der Waals surface area contributed by atoms with E-state index < -0.39 is 0 Å². The third-order valence-electron chi connectivity index (χ3n) is 4.18. The minimum absolute atomic E-state index is 0.0519. The second kappa shape index (κ2) is 10.3. The van der Waals surface area contributed by atoms with E-state index in [1.807, 2.05) is 18.2 Å². The van der Waals surface area contributed by atoms with Gasteiger partial charge < -0.3 is 5.32 Å². The lowest BCUT2D eigenvalue weighted by atomic mass is 9.97. The highest BCUT2D eigenvalue weighted by Gasteiger charge is 2.16. The molecule has 0 saturated heterocycles.